The number of rotatable bonds is 14. The summed E-state index contributed by atoms with van der Waals surface area (Å²) in [4.78, 5) is 0. The third-order valence-electron chi connectivity index (χ3n) is 3.92. The number of methoxy groups -OCH3 is 1. The Bertz CT molecular complexity index is 173. The molecule has 0 radical (unpaired) electrons. The van der Waals surface area contributed by atoms with E-state index in [2.05, 4.69) is 26.1 Å². The quantitative estimate of drug-likeness (QED) is 0.453. The first-order chi connectivity index (χ1) is 9.24. The molecule has 2 unspecified atom stereocenters. The first-order valence-corrected chi connectivity index (χ1v) is 8.50. The summed E-state index contributed by atoms with van der Waals surface area (Å²) in [6, 6.07) is 0.639. The van der Waals surface area contributed by atoms with Crippen molar-refractivity contribution in [2.45, 2.75) is 97.1 Å². The van der Waals surface area contributed by atoms with Gasteiger partial charge >= 0.3 is 0 Å². The second kappa shape index (κ2) is 14.3. The van der Waals surface area contributed by atoms with Gasteiger partial charge in [0, 0.05) is 13.2 Å². The lowest BCUT2D eigenvalue weighted by atomic mass is 10.0. The third kappa shape index (κ3) is 12.7. The fraction of sp³-hybridized carbons (Fsp3) is 1.00. The maximum atomic E-state index is 5.37. The molecule has 0 aliphatic carbocycles. The zero-order valence-corrected chi connectivity index (χ0v) is 13.8. The van der Waals surface area contributed by atoms with Crippen molar-refractivity contribution in [1.82, 2.24) is 5.32 Å². The van der Waals surface area contributed by atoms with E-state index in [4.69, 9.17) is 4.74 Å². The van der Waals surface area contributed by atoms with Gasteiger partial charge in [-0.2, -0.15) is 0 Å². The highest BCUT2D eigenvalue weighted by Crippen LogP contribution is 2.13. The van der Waals surface area contributed by atoms with Crippen LogP contribution in [-0.4, -0.2) is 25.8 Å². The largest absolute Gasteiger partial charge is 0.382 e. The Balaban J connectivity index is 3.47. The SMILES string of the molecule is CCCCCCCCCCC(CC(C)OC)NCC. The minimum Gasteiger partial charge on any atom is -0.382 e. The second-order valence-corrected chi connectivity index (χ2v) is 5.80. The van der Waals surface area contributed by atoms with Crippen LogP contribution in [0, 0.1) is 0 Å². The number of unbranched alkanes of at least 4 members (excludes halogenated alkanes) is 7. The zero-order chi connectivity index (χ0) is 14.3. The molecule has 0 spiro atoms. The molecule has 0 rings (SSSR count). The van der Waals surface area contributed by atoms with Gasteiger partial charge in [0.15, 0.2) is 0 Å². The molecule has 0 aromatic heterocycles. The molecule has 116 valence electrons. The molecular formula is C17H37NO. The molecule has 19 heavy (non-hydrogen) atoms. The Morgan fingerprint density at radius 1 is 0.895 bits per heavy atom. The molecule has 2 atom stereocenters. The minimum absolute atomic E-state index is 0.373. The Morgan fingerprint density at radius 2 is 1.47 bits per heavy atom. The summed E-state index contributed by atoms with van der Waals surface area (Å²) in [6.45, 7) is 7.70. The van der Waals surface area contributed by atoms with Crippen molar-refractivity contribution in [1.29, 1.82) is 0 Å². The van der Waals surface area contributed by atoms with Crippen LogP contribution < -0.4 is 5.32 Å². The van der Waals surface area contributed by atoms with Crippen LogP contribution in [0.4, 0.5) is 0 Å². The van der Waals surface area contributed by atoms with Crippen molar-refractivity contribution in [3.8, 4) is 0 Å². The van der Waals surface area contributed by atoms with Gasteiger partial charge in [-0.25, -0.2) is 0 Å². The van der Waals surface area contributed by atoms with Crippen LogP contribution in [0.25, 0.3) is 0 Å². The highest BCUT2D eigenvalue weighted by Gasteiger charge is 2.11. The van der Waals surface area contributed by atoms with Gasteiger partial charge in [-0.3, -0.25) is 0 Å². The van der Waals surface area contributed by atoms with Crippen LogP contribution in [0.5, 0.6) is 0 Å². The molecule has 0 amide bonds. The van der Waals surface area contributed by atoms with Crippen molar-refractivity contribution < 1.29 is 4.74 Å². The van der Waals surface area contributed by atoms with Gasteiger partial charge in [0.2, 0.25) is 0 Å². The molecule has 0 bridgehead atoms. The van der Waals surface area contributed by atoms with Crippen LogP contribution in [0.1, 0.15) is 85.0 Å². The van der Waals surface area contributed by atoms with E-state index in [1.165, 1.54) is 57.8 Å². The third-order valence-corrected chi connectivity index (χ3v) is 3.92. The van der Waals surface area contributed by atoms with Gasteiger partial charge < -0.3 is 10.1 Å². The van der Waals surface area contributed by atoms with E-state index >= 15 is 0 Å². The molecule has 0 heterocycles. The summed E-state index contributed by atoms with van der Waals surface area (Å²) in [7, 11) is 1.81. The van der Waals surface area contributed by atoms with E-state index < -0.39 is 0 Å². The van der Waals surface area contributed by atoms with Gasteiger partial charge in [0.1, 0.15) is 0 Å². The summed E-state index contributed by atoms with van der Waals surface area (Å²) in [5.41, 5.74) is 0. The smallest absolute Gasteiger partial charge is 0.0558 e. The second-order valence-electron chi connectivity index (χ2n) is 5.80. The molecule has 0 aliphatic heterocycles. The summed E-state index contributed by atoms with van der Waals surface area (Å²) in [5.74, 6) is 0. The summed E-state index contributed by atoms with van der Waals surface area (Å²) in [5, 5.41) is 3.59. The highest BCUT2D eigenvalue weighted by molar-refractivity contribution is 4.69. The van der Waals surface area contributed by atoms with Gasteiger partial charge in [-0.05, 0) is 26.3 Å². The van der Waals surface area contributed by atoms with E-state index in [-0.39, 0.29) is 0 Å². The number of hydrogen-bond acceptors (Lipinski definition) is 2. The molecule has 2 heteroatoms. The number of ether oxygens (including phenoxy) is 1. The van der Waals surface area contributed by atoms with Crippen molar-refractivity contribution in [3.63, 3.8) is 0 Å². The Morgan fingerprint density at radius 3 is 2.00 bits per heavy atom. The Labute approximate surface area is 121 Å². The normalized spacial score (nSPS) is 14.5. The van der Waals surface area contributed by atoms with E-state index in [1.807, 2.05) is 7.11 Å². The molecule has 0 aromatic rings. The van der Waals surface area contributed by atoms with Gasteiger partial charge in [-0.15, -0.1) is 0 Å². The summed E-state index contributed by atoms with van der Waals surface area (Å²) < 4.78 is 5.37. The average Bonchev–Trinajstić information content (AvgIpc) is 2.41. The molecule has 0 fully saturated rings. The summed E-state index contributed by atoms with van der Waals surface area (Å²) >= 11 is 0. The standard InChI is InChI=1S/C17H37NO/c1-5-7-8-9-10-11-12-13-14-17(18-6-2)15-16(3)19-4/h16-18H,5-15H2,1-4H3. The van der Waals surface area contributed by atoms with Gasteiger partial charge in [-0.1, -0.05) is 65.2 Å². The minimum atomic E-state index is 0.373. The highest BCUT2D eigenvalue weighted by atomic mass is 16.5. The van der Waals surface area contributed by atoms with E-state index in [0.29, 0.717) is 12.1 Å². The van der Waals surface area contributed by atoms with Crippen LogP contribution in [0.3, 0.4) is 0 Å². The van der Waals surface area contributed by atoms with Gasteiger partial charge in [0.05, 0.1) is 6.10 Å². The zero-order valence-electron chi connectivity index (χ0n) is 13.8. The van der Waals surface area contributed by atoms with Crippen molar-refractivity contribution >= 4 is 0 Å². The molecule has 0 saturated carbocycles. The molecule has 0 aliphatic rings. The Hall–Kier alpha value is -0.0800. The molecular weight excluding hydrogens is 234 g/mol. The first-order valence-electron chi connectivity index (χ1n) is 8.50. The predicted octanol–water partition coefficient (Wildman–Crippen LogP) is 4.92. The molecule has 2 nitrogen and oxygen atoms in total. The predicted molar refractivity (Wildman–Crippen MR) is 85.8 cm³/mol. The number of hydrogen-bond donors (Lipinski definition) is 1. The van der Waals surface area contributed by atoms with E-state index in [9.17, 15) is 0 Å². The van der Waals surface area contributed by atoms with Crippen molar-refractivity contribution in [2.24, 2.45) is 0 Å². The Kier molecular flexibility index (Phi) is 14.3. The number of nitrogens with one attached hydrogen (secondary N) is 1. The van der Waals surface area contributed by atoms with Gasteiger partial charge in [0.25, 0.3) is 0 Å². The van der Waals surface area contributed by atoms with E-state index in [1.54, 1.807) is 0 Å². The van der Waals surface area contributed by atoms with Crippen molar-refractivity contribution in [2.75, 3.05) is 13.7 Å². The first kappa shape index (κ1) is 18.9. The van der Waals surface area contributed by atoms with E-state index in [0.717, 1.165) is 13.0 Å². The lowest BCUT2D eigenvalue weighted by Crippen LogP contribution is -2.32. The molecule has 0 aromatic carbocycles. The van der Waals surface area contributed by atoms with Crippen LogP contribution >= 0.6 is 0 Å². The lowest BCUT2D eigenvalue weighted by molar-refractivity contribution is 0.0991. The van der Waals surface area contributed by atoms with Crippen LogP contribution in [0.15, 0.2) is 0 Å². The average molecular weight is 271 g/mol. The summed E-state index contributed by atoms with van der Waals surface area (Å²) in [6.07, 6.45) is 14.1. The maximum absolute atomic E-state index is 5.37. The van der Waals surface area contributed by atoms with Crippen molar-refractivity contribution in [3.05, 3.63) is 0 Å². The molecule has 1 N–H and O–H groups in total. The maximum Gasteiger partial charge on any atom is 0.0558 e. The topological polar surface area (TPSA) is 21.3 Å². The van der Waals surface area contributed by atoms with Crippen LogP contribution in [-0.2, 0) is 4.74 Å². The van der Waals surface area contributed by atoms with Crippen LogP contribution in [0.2, 0.25) is 0 Å². The fourth-order valence-electron chi connectivity index (χ4n) is 2.61. The fourth-order valence-corrected chi connectivity index (χ4v) is 2.61. The lowest BCUT2D eigenvalue weighted by Gasteiger charge is -2.21. The molecule has 0 saturated heterocycles. The monoisotopic (exact) mass is 271 g/mol.